The summed E-state index contributed by atoms with van der Waals surface area (Å²) in [5.74, 6) is 0.476. The minimum absolute atomic E-state index is 0.131. The predicted octanol–water partition coefficient (Wildman–Crippen LogP) is 3.12. The van der Waals surface area contributed by atoms with Crippen molar-refractivity contribution in [3.8, 4) is 0 Å². The molecule has 1 aromatic heterocycles. The van der Waals surface area contributed by atoms with Crippen LogP contribution in [0.5, 0.6) is 0 Å². The molecular formula is C21H21N5O2S. The van der Waals surface area contributed by atoms with Gasteiger partial charge in [0.15, 0.2) is 11.0 Å². The van der Waals surface area contributed by atoms with Crippen LogP contribution in [0.25, 0.3) is 0 Å². The number of carbonyl (C=O) groups excluding carboxylic acids is 2. The Kier molecular flexibility index (Phi) is 7.18. The Morgan fingerprint density at radius 1 is 1.03 bits per heavy atom. The van der Waals surface area contributed by atoms with Crippen LogP contribution in [-0.2, 0) is 17.9 Å². The van der Waals surface area contributed by atoms with E-state index in [2.05, 4.69) is 27.4 Å². The Morgan fingerprint density at radius 2 is 1.72 bits per heavy atom. The van der Waals surface area contributed by atoms with Gasteiger partial charge >= 0.3 is 0 Å². The lowest BCUT2D eigenvalue weighted by atomic mass is 10.2. The van der Waals surface area contributed by atoms with Gasteiger partial charge in [0.2, 0.25) is 5.91 Å². The lowest BCUT2D eigenvalue weighted by molar-refractivity contribution is -0.113. The summed E-state index contributed by atoms with van der Waals surface area (Å²) >= 11 is 1.28. The van der Waals surface area contributed by atoms with E-state index in [0.717, 1.165) is 5.69 Å². The molecule has 0 radical (unpaired) electrons. The number of nitrogens with one attached hydrogen (secondary N) is 2. The molecule has 0 bridgehead atoms. The van der Waals surface area contributed by atoms with E-state index in [1.807, 2.05) is 53.1 Å². The zero-order valence-corrected chi connectivity index (χ0v) is 16.6. The third-order valence-corrected chi connectivity index (χ3v) is 4.90. The van der Waals surface area contributed by atoms with Gasteiger partial charge in [-0.2, -0.15) is 0 Å². The van der Waals surface area contributed by atoms with Crippen molar-refractivity contribution < 1.29 is 9.59 Å². The van der Waals surface area contributed by atoms with Crippen LogP contribution >= 0.6 is 11.8 Å². The third kappa shape index (κ3) is 5.79. The number of hydrogen-bond acceptors (Lipinski definition) is 5. The molecule has 0 aliphatic heterocycles. The first-order valence-corrected chi connectivity index (χ1v) is 10.00. The third-order valence-electron chi connectivity index (χ3n) is 3.94. The number of rotatable bonds is 9. The van der Waals surface area contributed by atoms with Gasteiger partial charge in [-0.25, -0.2) is 0 Å². The van der Waals surface area contributed by atoms with Crippen LogP contribution in [0.4, 0.5) is 5.69 Å². The van der Waals surface area contributed by atoms with Gasteiger partial charge in [0, 0.05) is 17.8 Å². The summed E-state index contributed by atoms with van der Waals surface area (Å²) in [4.78, 5) is 24.4. The summed E-state index contributed by atoms with van der Waals surface area (Å²) in [6.45, 7) is 4.47. The normalized spacial score (nSPS) is 10.3. The van der Waals surface area contributed by atoms with Crippen LogP contribution in [0, 0.1) is 0 Å². The van der Waals surface area contributed by atoms with Crippen LogP contribution in [0.1, 0.15) is 16.2 Å². The second kappa shape index (κ2) is 10.2. The van der Waals surface area contributed by atoms with Gasteiger partial charge in [0.25, 0.3) is 5.91 Å². The summed E-state index contributed by atoms with van der Waals surface area (Å²) in [7, 11) is 0. The van der Waals surface area contributed by atoms with E-state index in [-0.39, 0.29) is 24.1 Å². The second-order valence-electron chi connectivity index (χ2n) is 6.05. The highest BCUT2D eigenvalue weighted by molar-refractivity contribution is 7.99. The molecule has 3 aromatic rings. The summed E-state index contributed by atoms with van der Waals surface area (Å²) in [6.07, 6.45) is 1.72. The predicted molar refractivity (Wildman–Crippen MR) is 114 cm³/mol. The Balaban J connectivity index is 1.59. The molecule has 148 valence electrons. The van der Waals surface area contributed by atoms with Crippen molar-refractivity contribution in [3.05, 3.63) is 84.7 Å². The first kappa shape index (κ1) is 20.3. The van der Waals surface area contributed by atoms with Crippen molar-refractivity contribution in [3.63, 3.8) is 0 Å². The van der Waals surface area contributed by atoms with Gasteiger partial charge in [-0.3, -0.25) is 9.59 Å². The van der Waals surface area contributed by atoms with E-state index < -0.39 is 0 Å². The maximum Gasteiger partial charge on any atom is 0.251 e. The zero-order valence-electron chi connectivity index (χ0n) is 15.7. The Labute approximate surface area is 173 Å². The van der Waals surface area contributed by atoms with Gasteiger partial charge < -0.3 is 15.2 Å². The van der Waals surface area contributed by atoms with Gasteiger partial charge in [-0.1, -0.05) is 54.2 Å². The smallest absolute Gasteiger partial charge is 0.251 e. The number of para-hydroxylation sites is 1. The summed E-state index contributed by atoms with van der Waals surface area (Å²) in [5.41, 5.74) is 1.32. The van der Waals surface area contributed by atoms with E-state index in [9.17, 15) is 9.59 Å². The van der Waals surface area contributed by atoms with E-state index in [1.54, 1.807) is 18.2 Å². The molecule has 0 saturated carbocycles. The first-order chi connectivity index (χ1) is 14.2. The van der Waals surface area contributed by atoms with Crippen LogP contribution < -0.4 is 10.6 Å². The van der Waals surface area contributed by atoms with Crippen molar-refractivity contribution in [2.75, 3.05) is 11.1 Å². The SMILES string of the molecule is C=CCn1c(CNC(=O)c2ccccc2)nnc1SCC(=O)Nc1ccccc1. The Morgan fingerprint density at radius 3 is 2.41 bits per heavy atom. The molecule has 0 spiro atoms. The Hall–Kier alpha value is -3.39. The number of amides is 2. The van der Waals surface area contributed by atoms with Crippen molar-refractivity contribution >= 4 is 29.3 Å². The largest absolute Gasteiger partial charge is 0.345 e. The highest BCUT2D eigenvalue weighted by atomic mass is 32.2. The number of benzene rings is 2. The number of aromatic nitrogens is 3. The lowest BCUT2D eigenvalue weighted by Gasteiger charge is -2.09. The lowest BCUT2D eigenvalue weighted by Crippen LogP contribution is -2.24. The minimum atomic E-state index is -0.185. The number of thioether (sulfide) groups is 1. The van der Waals surface area contributed by atoms with Crippen LogP contribution in [-0.4, -0.2) is 32.3 Å². The topological polar surface area (TPSA) is 88.9 Å². The Bertz CT molecular complexity index is 973. The van der Waals surface area contributed by atoms with Gasteiger partial charge in [-0.05, 0) is 24.3 Å². The highest BCUT2D eigenvalue weighted by Crippen LogP contribution is 2.18. The van der Waals surface area contributed by atoms with E-state index >= 15 is 0 Å². The first-order valence-electron chi connectivity index (χ1n) is 9.01. The van der Waals surface area contributed by atoms with Gasteiger partial charge in [0.05, 0.1) is 12.3 Å². The number of carbonyl (C=O) groups is 2. The molecule has 0 saturated heterocycles. The molecule has 7 nitrogen and oxygen atoms in total. The van der Waals surface area contributed by atoms with Crippen molar-refractivity contribution in [2.24, 2.45) is 0 Å². The summed E-state index contributed by atoms with van der Waals surface area (Å²) in [5, 5.41) is 14.6. The molecule has 0 aliphatic rings. The standard InChI is InChI=1S/C21H21N5O2S/c1-2-13-26-18(14-22-20(28)16-9-5-3-6-10-16)24-25-21(26)29-15-19(27)23-17-11-7-4-8-12-17/h2-12H,1,13-15H2,(H,22,28)(H,23,27). The van der Waals surface area contributed by atoms with Crippen LogP contribution in [0.15, 0.2) is 78.5 Å². The molecule has 29 heavy (non-hydrogen) atoms. The average molecular weight is 407 g/mol. The average Bonchev–Trinajstić information content (AvgIpc) is 3.14. The number of hydrogen-bond donors (Lipinski definition) is 2. The highest BCUT2D eigenvalue weighted by Gasteiger charge is 2.15. The monoisotopic (exact) mass is 407 g/mol. The zero-order chi connectivity index (χ0) is 20.5. The van der Waals surface area contributed by atoms with Crippen molar-refractivity contribution in [2.45, 2.75) is 18.2 Å². The quantitative estimate of drug-likeness (QED) is 0.420. The van der Waals surface area contributed by atoms with Gasteiger partial charge in [0.1, 0.15) is 0 Å². The molecule has 1 heterocycles. The summed E-state index contributed by atoms with van der Waals surface area (Å²) in [6, 6.07) is 18.2. The van der Waals surface area contributed by atoms with Crippen molar-refractivity contribution in [1.82, 2.24) is 20.1 Å². The number of anilines is 1. The molecule has 0 unspecified atom stereocenters. The van der Waals surface area contributed by atoms with Crippen LogP contribution in [0.3, 0.4) is 0 Å². The fourth-order valence-electron chi connectivity index (χ4n) is 2.57. The number of nitrogens with zero attached hydrogens (tertiary/aromatic N) is 3. The molecular weight excluding hydrogens is 386 g/mol. The fraction of sp³-hybridized carbons (Fsp3) is 0.143. The molecule has 0 aliphatic carbocycles. The maximum absolute atomic E-state index is 12.2. The molecule has 2 aromatic carbocycles. The molecule has 8 heteroatoms. The number of allylic oxidation sites excluding steroid dienone is 1. The molecule has 0 atom stereocenters. The molecule has 3 rings (SSSR count). The molecule has 2 N–H and O–H groups in total. The maximum atomic E-state index is 12.2. The fourth-order valence-corrected chi connectivity index (χ4v) is 3.34. The second-order valence-corrected chi connectivity index (χ2v) is 6.99. The molecule has 2 amide bonds. The summed E-state index contributed by atoms with van der Waals surface area (Å²) < 4.78 is 1.83. The minimum Gasteiger partial charge on any atom is -0.345 e. The van der Waals surface area contributed by atoms with E-state index in [0.29, 0.717) is 23.1 Å². The van der Waals surface area contributed by atoms with Gasteiger partial charge in [-0.15, -0.1) is 16.8 Å². The van der Waals surface area contributed by atoms with E-state index in [1.165, 1.54) is 11.8 Å². The van der Waals surface area contributed by atoms with Crippen LogP contribution in [0.2, 0.25) is 0 Å². The molecule has 0 fully saturated rings. The van der Waals surface area contributed by atoms with Crippen molar-refractivity contribution in [1.29, 1.82) is 0 Å². The van der Waals surface area contributed by atoms with E-state index in [4.69, 9.17) is 0 Å².